The van der Waals surface area contributed by atoms with Gasteiger partial charge in [-0.1, -0.05) is 29.3 Å². The van der Waals surface area contributed by atoms with Crippen LogP contribution >= 0.6 is 71.0 Å². The van der Waals surface area contributed by atoms with Crippen LogP contribution in [0.3, 0.4) is 0 Å². The second-order valence-electron chi connectivity index (χ2n) is 3.69. The SMILES string of the molecule is Clc1cccc2c1Oc1c(Cl)c(Br)c(Br)c(Br)c1O2. The van der Waals surface area contributed by atoms with Crippen molar-refractivity contribution in [1.29, 1.82) is 0 Å². The highest BCUT2D eigenvalue weighted by Gasteiger charge is 2.29. The molecule has 0 aromatic heterocycles. The summed E-state index contributed by atoms with van der Waals surface area (Å²) in [6.07, 6.45) is 0. The van der Waals surface area contributed by atoms with Crippen LogP contribution in [0.2, 0.25) is 10.0 Å². The van der Waals surface area contributed by atoms with Gasteiger partial charge < -0.3 is 9.47 Å². The lowest BCUT2D eigenvalue weighted by Crippen LogP contribution is -2.01. The molecule has 0 amide bonds. The predicted molar refractivity (Wildman–Crippen MR) is 86.2 cm³/mol. The third kappa shape index (κ3) is 2.20. The number of hydrogen-bond donors (Lipinski definition) is 0. The Balaban J connectivity index is 2.26. The molecule has 0 saturated heterocycles. The fourth-order valence-corrected chi connectivity index (χ4v) is 3.67. The highest BCUT2D eigenvalue weighted by Crippen LogP contribution is 2.57. The molecule has 0 N–H and O–H groups in total. The summed E-state index contributed by atoms with van der Waals surface area (Å²) in [7, 11) is 0. The van der Waals surface area contributed by atoms with Crippen molar-refractivity contribution in [2.24, 2.45) is 0 Å². The summed E-state index contributed by atoms with van der Waals surface area (Å²) in [4.78, 5) is 0. The van der Waals surface area contributed by atoms with E-state index in [9.17, 15) is 0 Å². The van der Waals surface area contributed by atoms with Gasteiger partial charge in [-0.25, -0.2) is 0 Å². The molecule has 2 nitrogen and oxygen atoms in total. The van der Waals surface area contributed by atoms with Crippen LogP contribution in [-0.2, 0) is 0 Å². The number of rotatable bonds is 0. The van der Waals surface area contributed by atoms with Crippen molar-refractivity contribution in [2.45, 2.75) is 0 Å². The highest BCUT2D eigenvalue weighted by molar-refractivity contribution is 9.14. The van der Waals surface area contributed by atoms with E-state index in [2.05, 4.69) is 47.8 Å². The Morgan fingerprint density at radius 2 is 1.53 bits per heavy atom. The molecule has 7 heteroatoms. The number of fused-ring (bicyclic) bond motifs is 2. The lowest BCUT2D eigenvalue weighted by atomic mass is 10.2. The van der Waals surface area contributed by atoms with Crippen molar-refractivity contribution < 1.29 is 9.47 Å². The Morgan fingerprint density at radius 1 is 0.789 bits per heavy atom. The van der Waals surface area contributed by atoms with Crippen molar-refractivity contribution in [3.05, 3.63) is 41.7 Å². The van der Waals surface area contributed by atoms with Crippen LogP contribution in [0.4, 0.5) is 0 Å². The van der Waals surface area contributed by atoms with Crippen molar-refractivity contribution in [1.82, 2.24) is 0 Å². The molecule has 0 spiro atoms. The third-order valence-electron chi connectivity index (χ3n) is 2.53. The van der Waals surface area contributed by atoms with Gasteiger partial charge in [0.1, 0.15) is 5.02 Å². The van der Waals surface area contributed by atoms with E-state index in [0.29, 0.717) is 42.0 Å². The minimum absolute atomic E-state index is 0.413. The number of benzene rings is 2. The zero-order valence-electron chi connectivity index (χ0n) is 8.94. The van der Waals surface area contributed by atoms with Crippen LogP contribution < -0.4 is 9.47 Å². The van der Waals surface area contributed by atoms with Gasteiger partial charge in [-0.3, -0.25) is 0 Å². The number of halogens is 5. The lowest BCUT2D eigenvalue weighted by Gasteiger charge is -2.24. The van der Waals surface area contributed by atoms with Gasteiger partial charge in [-0.2, -0.15) is 0 Å². The van der Waals surface area contributed by atoms with Crippen molar-refractivity contribution in [3.8, 4) is 23.0 Å². The maximum atomic E-state index is 6.26. The summed E-state index contributed by atoms with van der Waals surface area (Å²) < 4.78 is 13.7. The molecule has 2 aromatic carbocycles. The molecule has 1 aliphatic heterocycles. The quantitative estimate of drug-likeness (QED) is 0.246. The van der Waals surface area contributed by atoms with Crippen molar-refractivity contribution in [3.63, 3.8) is 0 Å². The molecule has 0 radical (unpaired) electrons. The minimum Gasteiger partial charge on any atom is -0.448 e. The highest BCUT2D eigenvalue weighted by atomic mass is 79.9. The predicted octanol–water partition coefficient (Wildman–Crippen LogP) is 7.18. The monoisotopic (exact) mass is 486 g/mol. The number of hydrogen-bond acceptors (Lipinski definition) is 2. The van der Waals surface area contributed by atoms with Crippen LogP contribution in [0.5, 0.6) is 23.0 Å². The Labute approximate surface area is 144 Å². The summed E-state index contributed by atoms with van der Waals surface area (Å²) in [6, 6.07) is 5.30. The number of ether oxygens (including phenoxy) is 2. The summed E-state index contributed by atoms with van der Waals surface area (Å²) in [5.74, 6) is 1.93. The molecule has 3 rings (SSSR count). The Kier molecular flexibility index (Phi) is 3.77. The van der Waals surface area contributed by atoms with Crippen LogP contribution in [-0.4, -0.2) is 0 Å². The Hall–Kier alpha value is 0.0600. The normalized spacial score (nSPS) is 12.3. The first kappa shape index (κ1) is 14.0. The van der Waals surface area contributed by atoms with Crippen LogP contribution in [0.25, 0.3) is 0 Å². The van der Waals surface area contributed by atoms with Gasteiger partial charge in [0, 0.05) is 0 Å². The molecule has 0 aliphatic carbocycles. The fraction of sp³-hybridized carbons (Fsp3) is 0. The summed E-state index contributed by atoms with van der Waals surface area (Å²) in [5.41, 5.74) is 0. The molecular weight excluding hydrogens is 487 g/mol. The van der Waals surface area contributed by atoms with E-state index in [0.717, 1.165) is 4.47 Å². The van der Waals surface area contributed by atoms with Crippen LogP contribution in [0.15, 0.2) is 31.6 Å². The Morgan fingerprint density at radius 3 is 2.26 bits per heavy atom. The molecule has 0 unspecified atom stereocenters. The standard InChI is InChI=1S/C12H3Br3Cl2O2/c13-6-7(14)9(17)12-11(8(6)15)18-5-3-1-2-4(16)10(5)19-12/h1-3H. The topological polar surface area (TPSA) is 18.5 Å². The van der Waals surface area contributed by atoms with Gasteiger partial charge in [0.15, 0.2) is 23.0 Å². The molecule has 2 aromatic rings. The number of para-hydroxylation sites is 1. The zero-order valence-corrected chi connectivity index (χ0v) is 15.2. The average molecular weight is 490 g/mol. The molecule has 0 atom stereocenters. The third-order valence-corrected chi connectivity index (χ3v) is 6.82. The largest absolute Gasteiger partial charge is 0.448 e. The zero-order chi connectivity index (χ0) is 13.7. The van der Waals surface area contributed by atoms with Gasteiger partial charge >= 0.3 is 0 Å². The van der Waals surface area contributed by atoms with E-state index in [1.54, 1.807) is 18.2 Å². The van der Waals surface area contributed by atoms with E-state index < -0.39 is 0 Å². The first-order valence-corrected chi connectivity index (χ1v) is 8.14. The second kappa shape index (κ2) is 5.11. The molecule has 0 bridgehead atoms. The molecule has 1 aliphatic rings. The van der Waals surface area contributed by atoms with E-state index in [1.807, 2.05) is 0 Å². The first-order valence-electron chi connectivity index (χ1n) is 5.01. The lowest BCUT2D eigenvalue weighted by molar-refractivity contribution is 0.357. The summed E-state index contributed by atoms with van der Waals surface area (Å²) in [6.45, 7) is 0. The van der Waals surface area contributed by atoms with Gasteiger partial charge in [0.25, 0.3) is 0 Å². The maximum Gasteiger partial charge on any atom is 0.191 e. The van der Waals surface area contributed by atoms with Crippen LogP contribution in [0.1, 0.15) is 0 Å². The van der Waals surface area contributed by atoms with Gasteiger partial charge in [-0.15, -0.1) is 0 Å². The fourth-order valence-electron chi connectivity index (χ4n) is 1.65. The van der Waals surface area contributed by atoms with Gasteiger partial charge in [-0.05, 0) is 59.9 Å². The minimum atomic E-state index is 0.413. The van der Waals surface area contributed by atoms with Crippen molar-refractivity contribution in [2.75, 3.05) is 0 Å². The van der Waals surface area contributed by atoms with Crippen molar-refractivity contribution >= 4 is 71.0 Å². The second-order valence-corrected chi connectivity index (χ2v) is 6.85. The first-order chi connectivity index (χ1) is 9.00. The van der Waals surface area contributed by atoms with E-state index in [-0.39, 0.29) is 0 Å². The average Bonchev–Trinajstić information content (AvgIpc) is 2.42. The molecule has 0 fully saturated rings. The molecule has 98 valence electrons. The molecule has 0 saturated carbocycles. The summed E-state index contributed by atoms with van der Waals surface area (Å²) in [5, 5.41) is 0.880. The summed E-state index contributed by atoms with van der Waals surface area (Å²) >= 11 is 22.6. The molecule has 1 heterocycles. The molecular formula is C12H3Br3Cl2O2. The van der Waals surface area contributed by atoms with Gasteiger partial charge in [0.2, 0.25) is 0 Å². The smallest absolute Gasteiger partial charge is 0.191 e. The van der Waals surface area contributed by atoms with E-state index in [4.69, 9.17) is 32.7 Å². The van der Waals surface area contributed by atoms with E-state index >= 15 is 0 Å². The maximum absolute atomic E-state index is 6.26. The Bertz CT molecular complexity index is 704. The van der Waals surface area contributed by atoms with E-state index in [1.165, 1.54) is 0 Å². The van der Waals surface area contributed by atoms with Crippen LogP contribution in [0, 0.1) is 0 Å². The van der Waals surface area contributed by atoms with Gasteiger partial charge in [0.05, 0.1) is 18.4 Å². The molecule has 19 heavy (non-hydrogen) atoms.